The molecule has 1 heterocycles. The number of carbonyl (C=O) groups excluding carboxylic acids is 1. The van der Waals surface area contributed by atoms with E-state index in [1.165, 1.54) is 39.1 Å². The molecule has 1 atom stereocenters. The molecule has 1 unspecified atom stereocenters. The molecule has 1 aromatic heterocycles. The van der Waals surface area contributed by atoms with Gasteiger partial charge in [-0.15, -0.1) is 0 Å². The first-order chi connectivity index (χ1) is 17.7. The van der Waals surface area contributed by atoms with Crippen molar-refractivity contribution in [2.24, 2.45) is 5.92 Å². The summed E-state index contributed by atoms with van der Waals surface area (Å²) in [6.45, 7) is 1.10. The number of nitrogens with one attached hydrogen (secondary N) is 1. The van der Waals surface area contributed by atoms with Crippen LogP contribution in [0, 0.1) is 5.92 Å². The van der Waals surface area contributed by atoms with Crippen molar-refractivity contribution in [1.82, 2.24) is 15.1 Å². The first-order valence-electron chi connectivity index (χ1n) is 12.4. The number of rotatable bonds is 7. The fourth-order valence-corrected chi connectivity index (χ4v) is 5.77. The van der Waals surface area contributed by atoms with Crippen LogP contribution >= 0.6 is 0 Å². The number of benzene rings is 3. The molecule has 1 amide bonds. The Bertz CT molecular complexity index is 1420. The van der Waals surface area contributed by atoms with Crippen molar-refractivity contribution in [2.75, 3.05) is 13.2 Å². The predicted molar refractivity (Wildman–Crippen MR) is 137 cm³/mol. The fraction of sp³-hybridized carbons (Fsp3) is 0.233. The largest absolute Gasteiger partial charge is 0.492 e. The lowest BCUT2D eigenvalue weighted by atomic mass is 9.59. The van der Waals surface area contributed by atoms with Crippen LogP contribution in [0.5, 0.6) is 5.75 Å². The van der Waals surface area contributed by atoms with E-state index in [0.29, 0.717) is 18.4 Å². The summed E-state index contributed by atoms with van der Waals surface area (Å²) in [5, 5.41) is 7.39. The van der Waals surface area contributed by atoms with Gasteiger partial charge in [-0.05, 0) is 52.8 Å². The zero-order chi connectivity index (χ0) is 24.5. The molecule has 0 saturated carbocycles. The maximum Gasteiger partial charge on any atom is 0.271 e. The molecule has 0 spiro atoms. The Morgan fingerprint density at radius 2 is 1.50 bits per heavy atom. The van der Waals surface area contributed by atoms with Crippen molar-refractivity contribution in [1.29, 1.82) is 0 Å². The van der Waals surface area contributed by atoms with Crippen molar-refractivity contribution < 1.29 is 9.53 Å². The molecule has 3 aliphatic rings. The molecular formula is C30H27N3O3. The first-order valence-corrected chi connectivity index (χ1v) is 12.4. The number of aromatic nitrogens is 2. The van der Waals surface area contributed by atoms with Crippen LogP contribution in [0.15, 0.2) is 95.8 Å². The average Bonchev–Trinajstić information content (AvgIpc) is 2.93. The predicted octanol–water partition coefficient (Wildman–Crippen LogP) is 4.35. The van der Waals surface area contributed by atoms with Gasteiger partial charge in [-0.1, -0.05) is 66.7 Å². The van der Waals surface area contributed by atoms with Crippen LogP contribution < -0.4 is 15.6 Å². The summed E-state index contributed by atoms with van der Waals surface area (Å²) in [6, 6.07) is 29.7. The summed E-state index contributed by atoms with van der Waals surface area (Å²) in [7, 11) is 0. The molecule has 2 bridgehead atoms. The monoisotopic (exact) mass is 477 g/mol. The minimum Gasteiger partial charge on any atom is -0.492 e. The summed E-state index contributed by atoms with van der Waals surface area (Å²) < 4.78 is 6.96. The van der Waals surface area contributed by atoms with E-state index in [0.717, 1.165) is 12.2 Å². The molecule has 3 aromatic carbocycles. The summed E-state index contributed by atoms with van der Waals surface area (Å²) in [5.41, 5.74) is 5.54. The Morgan fingerprint density at radius 1 is 0.861 bits per heavy atom. The molecule has 36 heavy (non-hydrogen) atoms. The van der Waals surface area contributed by atoms with Crippen molar-refractivity contribution in [2.45, 2.75) is 24.8 Å². The van der Waals surface area contributed by atoms with Crippen LogP contribution in [0.2, 0.25) is 0 Å². The van der Waals surface area contributed by atoms with Crippen molar-refractivity contribution in [3.05, 3.63) is 129 Å². The SMILES string of the molecule is O=C(NCC1CC2c3ccccc3C1c1ccccc12)c1ccc(=O)n(CCOc2ccccc2)n1. The third-order valence-electron chi connectivity index (χ3n) is 7.36. The second-order valence-corrected chi connectivity index (χ2v) is 9.44. The van der Waals surface area contributed by atoms with E-state index in [9.17, 15) is 9.59 Å². The topological polar surface area (TPSA) is 73.2 Å². The number of carbonyl (C=O) groups is 1. The highest BCUT2D eigenvalue weighted by Gasteiger charge is 2.42. The molecule has 0 radical (unpaired) electrons. The third-order valence-corrected chi connectivity index (χ3v) is 7.36. The van der Waals surface area contributed by atoms with Gasteiger partial charge in [0.25, 0.3) is 11.5 Å². The highest BCUT2D eigenvalue weighted by Crippen LogP contribution is 2.55. The lowest BCUT2D eigenvalue weighted by Crippen LogP contribution is -2.40. The van der Waals surface area contributed by atoms with Gasteiger partial charge < -0.3 is 10.1 Å². The van der Waals surface area contributed by atoms with Crippen molar-refractivity contribution in [3.8, 4) is 5.75 Å². The number of hydrogen-bond donors (Lipinski definition) is 1. The number of nitrogens with zero attached hydrogens (tertiary/aromatic N) is 2. The van der Waals surface area contributed by atoms with E-state index in [2.05, 4.69) is 58.9 Å². The van der Waals surface area contributed by atoms with Crippen LogP contribution in [0.1, 0.15) is 51.0 Å². The Labute approximate surface area is 209 Å². The number of para-hydroxylation sites is 1. The minimum absolute atomic E-state index is 0.232. The van der Waals surface area contributed by atoms with Crippen LogP contribution in [-0.2, 0) is 6.54 Å². The molecule has 6 heteroatoms. The maximum absolute atomic E-state index is 13.0. The number of fused-ring (bicyclic) bond motifs is 1. The van der Waals surface area contributed by atoms with E-state index in [1.807, 2.05) is 30.3 Å². The van der Waals surface area contributed by atoms with Crippen LogP contribution in [0.3, 0.4) is 0 Å². The van der Waals surface area contributed by atoms with Gasteiger partial charge in [0.1, 0.15) is 18.1 Å². The molecule has 0 aliphatic heterocycles. The van der Waals surface area contributed by atoms with E-state index in [4.69, 9.17) is 4.74 Å². The van der Waals surface area contributed by atoms with E-state index < -0.39 is 0 Å². The van der Waals surface area contributed by atoms with Crippen LogP contribution in [-0.4, -0.2) is 28.8 Å². The first kappa shape index (κ1) is 22.3. The summed E-state index contributed by atoms with van der Waals surface area (Å²) >= 11 is 0. The van der Waals surface area contributed by atoms with E-state index in [-0.39, 0.29) is 36.2 Å². The summed E-state index contributed by atoms with van der Waals surface area (Å²) in [6.07, 6.45) is 1.00. The molecule has 3 aliphatic carbocycles. The van der Waals surface area contributed by atoms with Gasteiger partial charge in [0.05, 0.1) is 6.54 Å². The zero-order valence-corrected chi connectivity index (χ0v) is 19.8. The highest BCUT2D eigenvalue weighted by atomic mass is 16.5. The number of amides is 1. The maximum atomic E-state index is 13.0. The van der Waals surface area contributed by atoms with Gasteiger partial charge in [0.2, 0.25) is 0 Å². The molecule has 1 N–H and O–H groups in total. The molecule has 6 nitrogen and oxygen atoms in total. The minimum atomic E-state index is -0.268. The zero-order valence-electron chi connectivity index (χ0n) is 19.8. The number of ether oxygens (including phenoxy) is 1. The molecule has 180 valence electrons. The van der Waals surface area contributed by atoms with Crippen molar-refractivity contribution >= 4 is 5.91 Å². The van der Waals surface area contributed by atoms with Gasteiger partial charge in [-0.2, -0.15) is 5.10 Å². The Hall–Kier alpha value is -4.19. The Morgan fingerprint density at radius 3 is 2.19 bits per heavy atom. The van der Waals surface area contributed by atoms with Gasteiger partial charge in [-0.3, -0.25) is 9.59 Å². The van der Waals surface area contributed by atoms with E-state index in [1.54, 1.807) is 0 Å². The van der Waals surface area contributed by atoms with Crippen LogP contribution in [0.4, 0.5) is 0 Å². The van der Waals surface area contributed by atoms with Gasteiger partial charge >= 0.3 is 0 Å². The molecular weight excluding hydrogens is 450 g/mol. The summed E-state index contributed by atoms with van der Waals surface area (Å²) in [5.74, 6) is 1.38. The third kappa shape index (κ3) is 4.09. The highest BCUT2D eigenvalue weighted by molar-refractivity contribution is 5.92. The van der Waals surface area contributed by atoms with E-state index >= 15 is 0 Å². The second-order valence-electron chi connectivity index (χ2n) is 9.44. The Kier molecular flexibility index (Phi) is 5.85. The van der Waals surface area contributed by atoms with Gasteiger partial charge in [0, 0.05) is 24.4 Å². The quantitative estimate of drug-likeness (QED) is 0.430. The second kappa shape index (κ2) is 9.46. The molecule has 0 fully saturated rings. The smallest absolute Gasteiger partial charge is 0.271 e. The molecule has 7 rings (SSSR count). The molecule has 0 saturated heterocycles. The fourth-order valence-electron chi connectivity index (χ4n) is 5.77. The lowest BCUT2D eigenvalue weighted by molar-refractivity contribution is 0.0935. The Balaban J connectivity index is 1.15. The standard InChI is InChI=1S/C30H27N3O3/c34-28-15-14-27(32-33(28)16-17-36-21-8-2-1-3-9-21)30(35)31-19-20-18-26-22-10-4-6-12-24(22)29(20)25-13-7-5-11-23(25)26/h1-15,20,26,29H,16-19H2,(H,31,35). The number of hydrogen-bond acceptors (Lipinski definition) is 4. The average molecular weight is 478 g/mol. The normalized spacial score (nSPS) is 19.3. The van der Waals surface area contributed by atoms with Crippen LogP contribution in [0.25, 0.3) is 0 Å². The van der Waals surface area contributed by atoms with Gasteiger partial charge in [0.15, 0.2) is 0 Å². The molecule has 4 aromatic rings. The lowest BCUT2D eigenvalue weighted by Gasteiger charge is -2.45. The van der Waals surface area contributed by atoms with Gasteiger partial charge in [-0.25, -0.2) is 4.68 Å². The van der Waals surface area contributed by atoms with Crippen molar-refractivity contribution in [3.63, 3.8) is 0 Å². The summed E-state index contributed by atoms with van der Waals surface area (Å²) in [4.78, 5) is 25.3.